The van der Waals surface area contributed by atoms with Crippen LogP contribution in [0.25, 0.3) is 21.6 Å². The molecule has 1 atom stereocenters. The van der Waals surface area contributed by atoms with Gasteiger partial charge in [0, 0.05) is 18.0 Å². The summed E-state index contributed by atoms with van der Waals surface area (Å²) < 4.78 is 5.37. The summed E-state index contributed by atoms with van der Waals surface area (Å²) in [5.41, 5.74) is 12.3. The molecule has 0 N–H and O–H groups in total. The summed E-state index contributed by atoms with van der Waals surface area (Å²) in [7, 11) is 0. The first-order chi connectivity index (χ1) is 11.9. The summed E-state index contributed by atoms with van der Waals surface area (Å²) in [6, 6.07) is 18.5. The summed E-state index contributed by atoms with van der Waals surface area (Å²) in [5, 5.41) is 4.00. The first kappa shape index (κ1) is 16.5. The van der Waals surface area contributed by atoms with E-state index in [2.05, 4.69) is 51.3 Å². The topological polar surface area (TPSA) is 61.2 Å². The number of rotatable bonds is 6. The summed E-state index contributed by atoms with van der Waals surface area (Å²) in [6.45, 7) is 4.41. The van der Waals surface area contributed by atoms with E-state index in [1.807, 2.05) is 18.2 Å². The summed E-state index contributed by atoms with van der Waals surface area (Å²) in [4.78, 5) is 5.40. The fourth-order valence-electron chi connectivity index (χ4n) is 3.01. The molecule has 1 fully saturated rings. The van der Waals surface area contributed by atoms with Gasteiger partial charge in [-0.2, -0.15) is 0 Å². The molecule has 2 aromatic carbocycles. The molecule has 5 heteroatoms. The zero-order chi connectivity index (χ0) is 16.6. The van der Waals surface area contributed by atoms with E-state index >= 15 is 0 Å². The van der Waals surface area contributed by atoms with Gasteiger partial charge in [0.1, 0.15) is 0 Å². The van der Waals surface area contributed by atoms with Crippen LogP contribution in [0.4, 0.5) is 0 Å². The third kappa shape index (κ3) is 4.36. The molecule has 1 unspecified atom stereocenters. The van der Waals surface area contributed by atoms with E-state index in [-0.39, 0.29) is 6.04 Å². The minimum atomic E-state index is -0.123. The van der Waals surface area contributed by atoms with Gasteiger partial charge in [0.2, 0.25) is 0 Å². The number of nitrogens with zero attached hydrogens (tertiary/aromatic N) is 4. The van der Waals surface area contributed by atoms with Crippen molar-refractivity contribution in [1.29, 1.82) is 0 Å². The second kappa shape index (κ2) is 8.50. The van der Waals surface area contributed by atoms with Crippen LogP contribution in [0, 0.1) is 0 Å². The number of benzene rings is 2. The Hall–Kier alpha value is -2.33. The van der Waals surface area contributed by atoms with E-state index in [0.29, 0.717) is 0 Å². The van der Waals surface area contributed by atoms with Crippen LogP contribution in [0.1, 0.15) is 18.0 Å². The highest BCUT2D eigenvalue weighted by Crippen LogP contribution is 2.26. The molecule has 0 amide bonds. The van der Waals surface area contributed by atoms with E-state index in [1.54, 1.807) is 0 Å². The van der Waals surface area contributed by atoms with Crippen LogP contribution < -0.4 is 0 Å². The van der Waals surface area contributed by atoms with Gasteiger partial charge >= 0.3 is 0 Å². The van der Waals surface area contributed by atoms with Gasteiger partial charge in [0.15, 0.2) is 0 Å². The zero-order valence-electron chi connectivity index (χ0n) is 13.7. The molecule has 1 saturated heterocycles. The van der Waals surface area contributed by atoms with E-state index in [0.717, 1.165) is 44.8 Å². The lowest BCUT2D eigenvalue weighted by Gasteiger charge is -2.27. The SMILES string of the molecule is [N-]=[N+]=NC(CCN1CCOCC1)c1ccc(-c2ccccc2)cc1. The zero-order valence-corrected chi connectivity index (χ0v) is 13.7. The van der Waals surface area contributed by atoms with Crippen molar-refractivity contribution in [2.75, 3.05) is 32.8 Å². The molecule has 1 aliphatic rings. The maximum atomic E-state index is 8.89. The molecule has 1 heterocycles. The smallest absolute Gasteiger partial charge is 0.0637 e. The molecule has 1 aliphatic heterocycles. The highest BCUT2D eigenvalue weighted by Gasteiger charge is 2.15. The Morgan fingerprint density at radius 3 is 2.33 bits per heavy atom. The summed E-state index contributed by atoms with van der Waals surface area (Å²) in [6.07, 6.45) is 0.828. The molecule has 0 aliphatic carbocycles. The van der Waals surface area contributed by atoms with Crippen molar-refractivity contribution in [3.63, 3.8) is 0 Å². The number of morpholine rings is 1. The van der Waals surface area contributed by atoms with E-state index in [1.165, 1.54) is 11.1 Å². The average Bonchev–Trinajstić information content (AvgIpc) is 2.67. The van der Waals surface area contributed by atoms with Crippen molar-refractivity contribution in [2.45, 2.75) is 12.5 Å². The first-order valence-electron chi connectivity index (χ1n) is 8.36. The minimum Gasteiger partial charge on any atom is -0.379 e. The molecule has 0 aromatic heterocycles. The van der Waals surface area contributed by atoms with E-state index in [4.69, 9.17) is 10.3 Å². The Morgan fingerprint density at radius 1 is 1.00 bits per heavy atom. The Labute approximate surface area is 142 Å². The van der Waals surface area contributed by atoms with Gasteiger partial charge in [0.25, 0.3) is 0 Å². The van der Waals surface area contributed by atoms with Gasteiger partial charge in [-0.3, -0.25) is 4.90 Å². The van der Waals surface area contributed by atoms with E-state index < -0.39 is 0 Å². The van der Waals surface area contributed by atoms with Crippen molar-refractivity contribution in [3.8, 4) is 11.1 Å². The lowest BCUT2D eigenvalue weighted by molar-refractivity contribution is 0.0366. The van der Waals surface area contributed by atoms with Gasteiger partial charge < -0.3 is 4.74 Å². The molecule has 24 heavy (non-hydrogen) atoms. The average molecular weight is 322 g/mol. The van der Waals surface area contributed by atoms with Gasteiger partial charge in [0.05, 0.1) is 19.3 Å². The second-order valence-corrected chi connectivity index (χ2v) is 5.95. The molecular weight excluding hydrogens is 300 g/mol. The lowest BCUT2D eigenvalue weighted by atomic mass is 9.99. The van der Waals surface area contributed by atoms with Crippen LogP contribution in [0.15, 0.2) is 59.7 Å². The molecular formula is C19H22N4O. The van der Waals surface area contributed by atoms with Crippen LogP contribution in [-0.4, -0.2) is 37.7 Å². The van der Waals surface area contributed by atoms with Gasteiger partial charge in [-0.25, -0.2) is 0 Å². The molecule has 5 nitrogen and oxygen atoms in total. The number of azide groups is 1. The predicted octanol–water partition coefficient (Wildman–Crippen LogP) is 4.43. The Morgan fingerprint density at radius 2 is 1.67 bits per heavy atom. The number of hydrogen-bond acceptors (Lipinski definition) is 3. The predicted molar refractivity (Wildman–Crippen MR) is 95.6 cm³/mol. The monoisotopic (exact) mass is 322 g/mol. The molecule has 0 radical (unpaired) electrons. The summed E-state index contributed by atoms with van der Waals surface area (Å²) >= 11 is 0. The van der Waals surface area contributed by atoms with Crippen LogP contribution in [0.3, 0.4) is 0 Å². The maximum absolute atomic E-state index is 8.89. The van der Waals surface area contributed by atoms with Gasteiger partial charge in [-0.15, -0.1) is 0 Å². The van der Waals surface area contributed by atoms with Crippen molar-refractivity contribution >= 4 is 0 Å². The van der Waals surface area contributed by atoms with Crippen molar-refractivity contribution in [3.05, 3.63) is 70.6 Å². The molecule has 124 valence electrons. The van der Waals surface area contributed by atoms with Crippen LogP contribution in [0.2, 0.25) is 0 Å². The Kier molecular flexibility index (Phi) is 5.85. The van der Waals surface area contributed by atoms with Crippen LogP contribution >= 0.6 is 0 Å². The largest absolute Gasteiger partial charge is 0.379 e. The van der Waals surface area contributed by atoms with Crippen LogP contribution in [0.5, 0.6) is 0 Å². The molecule has 3 rings (SSSR count). The first-order valence-corrected chi connectivity index (χ1v) is 8.36. The van der Waals surface area contributed by atoms with Crippen molar-refractivity contribution in [2.24, 2.45) is 5.11 Å². The fraction of sp³-hybridized carbons (Fsp3) is 0.368. The third-order valence-corrected chi connectivity index (χ3v) is 4.42. The fourth-order valence-corrected chi connectivity index (χ4v) is 3.01. The van der Waals surface area contributed by atoms with E-state index in [9.17, 15) is 0 Å². The summed E-state index contributed by atoms with van der Waals surface area (Å²) in [5.74, 6) is 0. The minimum absolute atomic E-state index is 0.123. The van der Waals surface area contributed by atoms with Crippen molar-refractivity contribution in [1.82, 2.24) is 4.90 Å². The lowest BCUT2D eigenvalue weighted by Crippen LogP contribution is -2.37. The standard InChI is InChI=1S/C19H22N4O/c20-22-21-19(10-11-23-12-14-24-15-13-23)18-8-6-17(7-9-18)16-4-2-1-3-5-16/h1-9,19H,10-15H2. The molecule has 0 spiro atoms. The quantitative estimate of drug-likeness (QED) is 0.449. The van der Waals surface area contributed by atoms with Gasteiger partial charge in [-0.05, 0) is 35.2 Å². The highest BCUT2D eigenvalue weighted by atomic mass is 16.5. The Balaban J connectivity index is 1.68. The Bertz CT molecular complexity index is 674. The normalized spacial score (nSPS) is 16.3. The third-order valence-electron chi connectivity index (χ3n) is 4.42. The molecule has 0 bridgehead atoms. The molecule has 2 aromatic rings. The molecule has 0 saturated carbocycles. The maximum Gasteiger partial charge on any atom is 0.0637 e. The number of ether oxygens (including phenoxy) is 1. The second-order valence-electron chi connectivity index (χ2n) is 5.95. The van der Waals surface area contributed by atoms with Crippen LogP contribution in [-0.2, 0) is 4.74 Å². The van der Waals surface area contributed by atoms with Crippen molar-refractivity contribution < 1.29 is 4.74 Å². The number of hydrogen-bond donors (Lipinski definition) is 0. The van der Waals surface area contributed by atoms with Gasteiger partial charge in [-0.1, -0.05) is 59.7 Å². The highest BCUT2D eigenvalue weighted by molar-refractivity contribution is 5.63.